The zero-order valence-electron chi connectivity index (χ0n) is 28.8. The van der Waals surface area contributed by atoms with E-state index in [1.807, 2.05) is 0 Å². The largest absolute Gasteiger partial charge is 0.496 e. The van der Waals surface area contributed by atoms with E-state index < -0.39 is 10.8 Å². The second-order valence-electron chi connectivity index (χ2n) is 11.6. The molecule has 0 spiro atoms. The molecule has 2 heterocycles. The Kier molecular flexibility index (Phi) is 11.6. The number of piperazine rings is 1. The SMILES string of the molecule is COc1cc(OC)c2c(c1)OC(c1cc(OC)c(OC)c(OC)c1)=C(OCCCCN1CCN(C(=O)c3ccc([N+](=O)[O-])cc3)CC1)C2C=O. The molecule has 0 N–H and O–H groups in total. The summed E-state index contributed by atoms with van der Waals surface area (Å²) in [5.41, 5.74) is 1.46. The molecule has 0 bridgehead atoms. The lowest BCUT2D eigenvalue weighted by Gasteiger charge is -2.34. The van der Waals surface area contributed by atoms with Crippen LogP contribution in [0.3, 0.4) is 0 Å². The lowest BCUT2D eigenvalue weighted by atomic mass is 9.91. The number of methoxy groups -OCH3 is 5. The molecule has 2 aliphatic rings. The van der Waals surface area contributed by atoms with Gasteiger partial charge in [-0.15, -0.1) is 0 Å². The van der Waals surface area contributed by atoms with Crippen LogP contribution in [0.15, 0.2) is 54.3 Å². The highest BCUT2D eigenvalue weighted by atomic mass is 16.6. The lowest BCUT2D eigenvalue weighted by molar-refractivity contribution is -0.384. The number of unbranched alkanes of at least 4 members (excludes halogenated alkanes) is 1. The van der Waals surface area contributed by atoms with Crippen molar-refractivity contribution in [3.8, 4) is 34.5 Å². The zero-order valence-corrected chi connectivity index (χ0v) is 28.8. The van der Waals surface area contributed by atoms with Gasteiger partial charge >= 0.3 is 0 Å². The van der Waals surface area contributed by atoms with Crippen molar-refractivity contribution < 1.29 is 47.7 Å². The van der Waals surface area contributed by atoms with Crippen LogP contribution >= 0.6 is 0 Å². The zero-order chi connectivity index (χ0) is 35.8. The van der Waals surface area contributed by atoms with E-state index in [1.165, 1.54) is 59.8 Å². The fourth-order valence-electron chi connectivity index (χ4n) is 6.09. The summed E-state index contributed by atoms with van der Waals surface area (Å²) in [6.07, 6.45) is 2.31. The molecule has 266 valence electrons. The number of hydrogen-bond acceptors (Lipinski definition) is 12. The Morgan fingerprint density at radius 1 is 0.880 bits per heavy atom. The highest BCUT2D eigenvalue weighted by molar-refractivity contribution is 5.94. The van der Waals surface area contributed by atoms with Crippen molar-refractivity contribution in [3.63, 3.8) is 0 Å². The predicted octanol–water partition coefficient (Wildman–Crippen LogP) is 4.94. The summed E-state index contributed by atoms with van der Waals surface area (Å²) in [6, 6.07) is 12.5. The molecule has 0 radical (unpaired) electrons. The quantitative estimate of drug-likeness (QED) is 0.0920. The predicted molar refractivity (Wildman–Crippen MR) is 183 cm³/mol. The minimum absolute atomic E-state index is 0.0491. The van der Waals surface area contributed by atoms with Gasteiger partial charge in [-0.05, 0) is 43.7 Å². The minimum atomic E-state index is -0.838. The first-order chi connectivity index (χ1) is 24.3. The highest BCUT2D eigenvalue weighted by Gasteiger charge is 2.36. The van der Waals surface area contributed by atoms with E-state index in [9.17, 15) is 19.7 Å². The van der Waals surface area contributed by atoms with Crippen molar-refractivity contribution in [2.45, 2.75) is 18.8 Å². The first-order valence-electron chi connectivity index (χ1n) is 16.1. The number of aldehydes is 1. The Labute approximate surface area is 290 Å². The van der Waals surface area contributed by atoms with Crippen LogP contribution in [0.5, 0.6) is 34.5 Å². The number of amides is 1. The molecule has 5 rings (SSSR count). The average molecular weight is 692 g/mol. The minimum Gasteiger partial charge on any atom is -0.496 e. The summed E-state index contributed by atoms with van der Waals surface area (Å²) in [6.45, 7) is 3.63. The van der Waals surface area contributed by atoms with Crippen LogP contribution in [0.2, 0.25) is 0 Å². The van der Waals surface area contributed by atoms with E-state index in [4.69, 9.17) is 33.2 Å². The number of nitro groups is 1. The normalized spacial score (nSPS) is 15.8. The Balaban J connectivity index is 1.28. The molecule has 0 saturated carbocycles. The van der Waals surface area contributed by atoms with Gasteiger partial charge in [0.1, 0.15) is 29.5 Å². The van der Waals surface area contributed by atoms with E-state index in [2.05, 4.69) is 4.90 Å². The number of nitro benzene ring substituents is 1. The molecule has 1 unspecified atom stereocenters. The summed E-state index contributed by atoms with van der Waals surface area (Å²) >= 11 is 0. The van der Waals surface area contributed by atoms with Gasteiger partial charge in [0.2, 0.25) is 5.75 Å². The maximum absolute atomic E-state index is 12.9. The molecule has 1 fully saturated rings. The first kappa shape index (κ1) is 35.8. The molecule has 1 saturated heterocycles. The molecular formula is C36H41N3O11. The van der Waals surface area contributed by atoms with E-state index >= 15 is 0 Å². The number of nitrogens with zero attached hydrogens (tertiary/aromatic N) is 3. The molecule has 50 heavy (non-hydrogen) atoms. The van der Waals surface area contributed by atoms with E-state index in [1.54, 1.807) is 29.2 Å². The summed E-state index contributed by atoms with van der Waals surface area (Å²) in [7, 11) is 7.60. The second-order valence-corrected chi connectivity index (χ2v) is 11.6. The van der Waals surface area contributed by atoms with E-state index in [0.29, 0.717) is 102 Å². The Bertz CT molecular complexity index is 1710. The Morgan fingerprint density at radius 2 is 1.54 bits per heavy atom. The lowest BCUT2D eigenvalue weighted by Crippen LogP contribution is -2.48. The fourth-order valence-corrected chi connectivity index (χ4v) is 6.09. The van der Waals surface area contributed by atoms with Crippen LogP contribution in [0.1, 0.15) is 40.2 Å². The molecule has 0 aromatic heterocycles. The second kappa shape index (κ2) is 16.3. The number of hydrogen-bond donors (Lipinski definition) is 0. The third kappa shape index (κ3) is 7.54. The van der Waals surface area contributed by atoms with E-state index in [0.717, 1.165) is 19.3 Å². The fraction of sp³-hybridized carbons (Fsp3) is 0.389. The van der Waals surface area contributed by atoms with Crippen LogP contribution in [0.25, 0.3) is 5.76 Å². The Hall–Kier alpha value is -5.50. The summed E-state index contributed by atoms with van der Waals surface area (Å²) in [4.78, 5) is 40.2. The third-order valence-electron chi connectivity index (χ3n) is 8.74. The molecule has 0 aliphatic carbocycles. The highest BCUT2D eigenvalue weighted by Crippen LogP contribution is 2.50. The van der Waals surface area contributed by atoms with Crippen LogP contribution in [-0.2, 0) is 9.53 Å². The Morgan fingerprint density at radius 3 is 2.10 bits per heavy atom. The van der Waals surface area contributed by atoms with Gasteiger partial charge in [-0.25, -0.2) is 0 Å². The van der Waals surface area contributed by atoms with Crippen molar-refractivity contribution in [2.75, 3.05) is 74.9 Å². The average Bonchev–Trinajstić information content (AvgIpc) is 3.16. The van der Waals surface area contributed by atoms with Crippen molar-refractivity contribution in [1.82, 2.24) is 9.80 Å². The van der Waals surface area contributed by atoms with Gasteiger partial charge in [-0.3, -0.25) is 19.8 Å². The summed E-state index contributed by atoms with van der Waals surface area (Å²) in [5.74, 6) is 2.19. The topological polar surface area (TPSA) is 148 Å². The first-order valence-corrected chi connectivity index (χ1v) is 16.1. The van der Waals surface area contributed by atoms with Gasteiger partial charge in [0.15, 0.2) is 23.0 Å². The molecule has 14 heteroatoms. The van der Waals surface area contributed by atoms with Crippen molar-refractivity contribution in [1.29, 1.82) is 0 Å². The molecular weight excluding hydrogens is 650 g/mol. The molecule has 2 aliphatic heterocycles. The van der Waals surface area contributed by atoms with Crippen LogP contribution in [0.4, 0.5) is 5.69 Å². The van der Waals surface area contributed by atoms with Gasteiger partial charge in [0, 0.05) is 61.6 Å². The number of rotatable bonds is 15. The molecule has 3 aromatic carbocycles. The maximum Gasteiger partial charge on any atom is 0.269 e. The van der Waals surface area contributed by atoms with Gasteiger partial charge in [0.25, 0.3) is 11.6 Å². The van der Waals surface area contributed by atoms with Crippen LogP contribution in [0, 0.1) is 10.1 Å². The standard InChI is InChI=1S/C36H41N3O11/c1-44-26-20-28(45-2)32-27(22-40)34(33(50-29(32)21-26)24-18-30(46-3)35(48-5)31(19-24)47-4)49-17-7-6-12-37-13-15-38(16-14-37)36(41)23-8-10-25(11-9-23)39(42)43/h8-11,18-22,27H,6-7,12-17H2,1-5H3. The van der Waals surface area contributed by atoms with Crippen molar-refractivity contribution in [3.05, 3.63) is 81.1 Å². The van der Waals surface area contributed by atoms with Gasteiger partial charge in [-0.1, -0.05) is 0 Å². The summed E-state index contributed by atoms with van der Waals surface area (Å²) < 4.78 is 40.6. The van der Waals surface area contributed by atoms with Gasteiger partial charge < -0.3 is 42.9 Å². The number of allylic oxidation sites excluding steroid dienone is 1. The number of non-ortho nitro benzene ring substituents is 1. The number of carbonyl (C=O) groups is 2. The monoisotopic (exact) mass is 691 g/mol. The maximum atomic E-state index is 12.9. The van der Waals surface area contributed by atoms with Crippen LogP contribution < -0.4 is 28.4 Å². The van der Waals surface area contributed by atoms with Crippen molar-refractivity contribution in [2.24, 2.45) is 0 Å². The molecule has 14 nitrogen and oxygen atoms in total. The van der Waals surface area contributed by atoms with Gasteiger partial charge in [-0.2, -0.15) is 0 Å². The van der Waals surface area contributed by atoms with Gasteiger partial charge in [0.05, 0.1) is 52.6 Å². The van der Waals surface area contributed by atoms with E-state index in [-0.39, 0.29) is 11.6 Å². The smallest absolute Gasteiger partial charge is 0.269 e. The number of carbonyl (C=O) groups excluding carboxylic acids is 2. The number of benzene rings is 3. The molecule has 1 atom stereocenters. The molecule has 1 amide bonds. The number of fused-ring (bicyclic) bond motifs is 1. The van der Waals surface area contributed by atoms with Crippen LogP contribution in [-0.4, -0.2) is 102 Å². The number of ether oxygens (including phenoxy) is 7. The third-order valence-corrected chi connectivity index (χ3v) is 8.74. The molecule has 3 aromatic rings. The van der Waals surface area contributed by atoms with Crippen molar-refractivity contribution >= 4 is 23.6 Å². The summed E-state index contributed by atoms with van der Waals surface area (Å²) in [5, 5.41) is 10.9.